The van der Waals surface area contributed by atoms with Gasteiger partial charge in [0.1, 0.15) is 18.2 Å². The molecule has 0 heterocycles. The van der Waals surface area contributed by atoms with Crippen molar-refractivity contribution in [2.24, 2.45) is 0 Å². The van der Waals surface area contributed by atoms with Crippen LogP contribution in [-0.4, -0.2) is 19.6 Å². The minimum atomic E-state index is -4.55. The first kappa shape index (κ1) is 23.0. The number of amides is 1. The maximum absolute atomic E-state index is 12.8. The van der Waals surface area contributed by atoms with Crippen LogP contribution in [0.4, 0.5) is 18.9 Å². The molecule has 0 unspecified atom stereocenters. The highest BCUT2D eigenvalue weighted by Gasteiger charge is 2.30. The van der Waals surface area contributed by atoms with E-state index in [1.807, 2.05) is 0 Å². The SMILES string of the molecule is C=CCOc1cc(Br)c(/C=C(/C#N)C(=O)Nc2cccc(C(F)(F)F)c2)cc1OC. The molecule has 9 heteroatoms. The van der Waals surface area contributed by atoms with Gasteiger partial charge in [-0.25, -0.2) is 0 Å². The number of hydrogen-bond acceptors (Lipinski definition) is 4. The van der Waals surface area contributed by atoms with Crippen LogP contribution in [0.2, 0.25) is 0 Å². The third-order valence-electron chi connectivity index (χ3n) is 3.75. The first-order valence-electron chi connectivity index (χ1n) is 8.41. The fourth-order valence-corrected chi connectivity index (χ4v) is 2.80. The van der Waals surface area contributed by atoms with Crippen LogP contribution in [0.25, 0.3) is 6.08 Å². The summed E-state index contributed by atoms with van der Waals surface area (Å²) in [6.45, 7) is 3.82. The summed E-state index contributed by atoms with van der Waals surface area (Å²) in [6.07, 6.45) is -1.70. The van der Waals surface area contributed by atoms with Crippen LogP contribution in [0.1, 0.15) is 11.1 Å². The van der Waals surface area contributed by atoms with Crippen molar-refractivity contribution in [3.63, 3.8) is 0 Å². The Morgan fingerprint density at radius 3 is 2.63 bits per heavy atom. The van der Waals surface area contributed by atoms with Gasteiger partial charge in [-0.05, 0) is 42.0 Å². The maximum atomic E-state index is 12.8. The van der Waals surface area contributed by atoms with Crippen molar-refractivity contribution in [3.05, 3.63) is 70.2 Å². The third kappa shape index (κ3) is 5.87. The molecule has 0 bridgehead atoms. The lowest BCUT2D eigenvalue weighted by Crippen LogP contribution is -2.14. The predicted octanol–water partition coefficient (Wildman–Crippen LogP) is 5.59. The highest BCUT2D eigenvalue weighted by atomic mass is 79.9. The molecule has 2 aromatic carbocycles. The van der Waals surface area contributed by atoms with Gasteiger partial charge in [0, 0.05) is 10.2 Å². The van der Waals surface area contributed by atoms with E-state index in [4.69, 9.17) is 9.47 Å². The van der Waals surface area contributed by atoms with Gasteiger partial charge in [-0.2, -0.15) is 18.4 Å². The molecule has 30 heavy (non-hydrogen) atoms. The smallest absolute Gasteiger partial charge is 0.416 e. The van der Waals surface area contributed by atoms with Crippen LogP contribution >= 0.6 is 15.9 Å². The van der Waals surface area contributed by atoms with Gasteiger partial charge in [-0.1, -0.05) is 34.7 Å². The maximum Gasteiger partial charge on any atom is 0.416 e. The summed E-state index contributed by atoms with van der Waals surface area (Å²) in [4.78, 5) is 12.4. The molecule has 0 saturated carbocycles. The molecule has 0 fully saturated rings. The van der Waals surface area contributed by atoms with Gasteiger partial charge in [0.25, 0.3) is 5.91 Å². The van der Waals surface area contributed by atoms with E-state index in [-0.39, 0.29) is 17.9 Å². The Kier molecular flexibility index (Phi) is 7.66. The van der Waals surface area contributed by atoms with E-state index in [2.05, 4.69) is 27.8 Å². The molecule has 1 amide bonds. The quantitative estimate of drug-likeness (QED) is 0.318. The summed E-state index contributed by atoms with van der Waals surface area (Å²) in [5, 5.41) is 11.7. The second kappa shape index (κ2) is 9.98. The second-order valence-electron chi connectivity index (χ2n) is 5.83. The number of rotatable bonds is 7. The summed E-state index contributed by atoms with van der Waals surface area (Å²) in [7, 11) is 1.43. The summed E-state index contributed by atoms with van der Waals surface area (Å²) >= 11 is 3.34. The van der Waals surface area contributed by atoms with Crippen molar-refractivity contribution in [2.75, 3.05) is 19.0 Å². The number of ether oxygens (including phenoxy) is 2. The molecule has 2 aromatic rings. The molecular formula is C21H16BrF3N2O3. The van der Waals surface area contributed by atoms with Crippen molar-refractivity contribution in [2.45, 2.75) is 6.18 Å². The molecular weight excluding hydrogens is 465 g/mol. The number of methoxy groups -OCH3 is 1. The standard InChI is InChI=1S/C21H16BrF3N2O3/c1-3-7-30-19-11-17(22)13(9-18(19)29-2)8-14(12-26)20(28)27-16-6-4-5-15(10-16)21(23,24)25/h3-6,8-11H,1,7H2,2H3,(H,27,28)/b14-8-. The van der Waals surface area contributed by atoms with E-state index >= 15 is 0 Å². The number of hydrogen-bond donors (Lipinski definition) is 1. The zero-order valence-corrected chi connectivity index (χ0v) is 17.3. The summed E-state index contributed by atoms with van der Waals surface area (Å²) in [5.74, 6) is -0.0649. The van der Waals surface area contributed by atoms with E-state index in [0.29, 0.717) is 21.5 Å². The average molecular weight is 481 g/mol. The van der Waals surface area contributed by atoms with Gasteiger partial charge in [0.2, 0.25) is 0 Å². The number of nitrogens with one attached hydrogen (secondary N) is 1. The largest absolute Gasteiger partial charge is 0.493 e. The first-order valence-corrected chi connectivity index (χ1v) is 9.20. The molecule has 156 valence electrons. The van der Waals surface area contributed by atoms with E-state index in [1.165, 1.54) is 19.3 Å². The van der Waals surface area contributed by atoms with Gasteiger partial charge < -0.3 is 14.8 Å². The van der Waals surface area contributed by atoms with Crippen molar-refractivity contribution >= 4 is 33.6 Å². The highest BCUT2D eigenvalue weighted by molar-refractivity contribution is 9.10. The van der Waals surface area contributed by atoms with Crippen LogP contribution in [-0.2, 0) is 11.0 Å². The number of benzene rings is 2. The molecule has 1 N–H and O–H groups in total. The molecule has 0 radical (unpaired) electrons. The van der Waals surface area contributed by atoms with Crippen LogP contribution in [0, 0.1) is 11.3 Å². The molecule has 5 nitrogen and oxygen atoms in total. The van der Waals surface area contributed by atoms with E-state index < -0.39 is 17.6 Å². The monoisotopic (exact) mass is 480 g/mol. The van der Waals surface area contributed by atoms with Crippen molar-refractivity contribution in [1.82, 2.24) is 0 Å². The van der Waals surface area contributed by atoms with E-state index in [9.17, 15) is 23.2 Å². The molecule has 0 aromatic heterocycles. The number of halogens is 4. The lowest BCUT2D eigenvalue weighted by molar-refractivity contribution is -0.137. The minimum absolute atomic E-state index is 0.0826. The summed E-state index contributed by atoms with van der Waals surface area (Å²) in [6, 6.07) is 9.04. The molecule has 0 aliphatic carbocycles. The molecule has 0 aliphatic rings. The Bertz CT molecular complexity index is 1030. The average Bonchev–Trinajstić information content (AvgIpc) is 2.70. The van der Waals surface area contributed by atoms with Gasteiger partial charge in [-0.3, -0.25) is 4.79 Å². The third-order valence-corrected chi connectivity index (χ3v) is 4.44. The Labute approximate surface area is 179 Å². The number of carbonyl (C=O) groups excluding carboxylic acids is 1. The Morgan fingerprint density at radius 1 is 1.30 bits per heavy atom. The minimum Gasteiger partial charge on any atom is -0.493 e. The topological polar surface area (TPSA) is 71.3 Å². The predicted molar refractivity (Wildman–Crippen MR) is 110 cm³/mol. The number of anilines is 1. The number of nitrogens with zero attached hydrogens (tertiary/aromatic N) is 1. The fraction of sp³-hybridized carbons (Fsp3) is 0.143. The Balaban J connectivity index is 2.32. The van der Waals surface area contributed by atoms with E-state index in [1.54, 1.807) is 24.3 Å². The zero-order chi connectivity index (χ0) is 22.3. The molecule has 0 spiro atoms. The lowest BCUT2D eigenvalue weighted by Gasteiger charge is -2.12. The zero-order valence-electron chi connectivity index (χ0n) is 15.7. The fourth-order valence-electron chi connectivity index (χ4n) is 2.36. The van der Waals surface area contributed by atoms with E-state index in [0.717, 1.165) is 18.2 Å². The molecule has 0 saturated heterocycles. The number of carbonyl (C=O) groups is 1. The van der Waals surface area contributed by atoms with Crippen LogP contribution in [0.5, 0.6) is 11.5 Å². The van der Waals surface area contributed by atoms with Crippen molar-refractivity contribution < 1.29 is 27.4 Å². The van der Waals surface area contributed by atoms with Crippen molar-refractivity contribution in [1.29, 1.82) is 5.26 Å². The number of alkyl halides is 3. The summed E-state index contributed by atoms with van der Waals surface area (Å²) in [5.41, 5.74) is -0.866. The number of nitriles is 1. The summed E-state index contributed by atoms with van der Waals surface area (Å²) < 4.78 is 49.8. The van der Waals surface area contributed by atoms with Crippen LogP contribution < -0.4 is 14.8 Å². The molecule has 0 atom stereocenters. The normalized spacial score (nSPS) is 11.4. The molecule has 2 rings (SSSR count). The lowest BCUT2D eigenvalue weighted by atomic mass is 10.1. The molecule has 0 aliphatic heterocycles. The first-order chi connectivity index (χ1) is 14.2. The van der Waals surface area contributed by atoms with Gasteiger partial charge in [0.15, 0.2) is 11.5 Å². The van der Waals surface area contributed by atoms with Gasteiger partial charge >= 0.3 is 6.18 Å². The van der Waals surface area contributed by atoms with Crippen LogP contribution in [0.3, 0.4) is 0 Å². The Morgan fingerprint density at radius 2 is 2.03 bits per heavy atom. The van der Waals surface area contributed by atoms with Crippen molar-refractivity contribution in [3.8, 4) is 17.6 Å². The Hall–Kier alpha value is -3.25. The van der Waals surface area contributed by atoms with Gasteiger partial charge in [0.05, 0.1) is 12.7 Å². The highest BCUT2D eigenvalue weighted by Crippen LogP contribution is 2.35. The van der Waals surface area contributed by atoms with Crippen LogP contribution in [0.15, 0.2) is 59.1 Å². The second-order valence-corrected chi connectivity index (χ2v) is 6.68. The van der Waals surface area contributed by atoms with Gasteiger partial charge in [-0.15, -0.1) is 0 Å².